The van der Waals surface area contributed by atoms with Crippen LogP contribution in [0.5, 0.6) is 0 Å². The van der Waals surface area contributed by atoms with Gasteiger partial charge in [-0.1, -0.05) is 20.8 Å². The lowest BCUT2D eigenvalue weighted by atomic mass is 9.98. The Balaban J connectivity index is 3.97. The third kappa shape index (κ3) is 5.97. The average Bonchev–Trinajstić information content (AvgIpc) is 2.13. The summed E-state index contributed by atoms with van der Waals surface area (Å²) in [7, 11) is 1.61. The van der Waals surface area contributed by atoms with Crippen molar-refractivity contribution in [1.29, 1.82) is 0 Å². The van der Waals surface area contributed by atoms with Gasteiger partial charge in [0.25, 0.3) is 0 Å². The van der Waals surface area contributed by atoms with Crippen molar-refractivity contribution in [2.45, 2.75) is 33.6 Å². The van der Waals surface area contributed by atoms with Crippen LogP contribution < -0.4 is 0 Å². The van der Waals surface area contributed by atoms with E-state index in [1.165, 1.54) is 0 Å². The molecule has 0 saturated carbocycles. The first-order valence-corrected chi connectivity index (χ1v) is 5.27. The molecular weight excluding hydrogens is 180 g/mol. The van der Waals surface area contributed by atoms with Gasteiger partial charge < -0.3 is 9.47 Å². The van der Waals surface area contributed by atoms with Gasteiger partial charge in [-0.15, -0.1) is 0 Å². The van der Waals surface area contributed by atoms with Crippen molar-refractivity contribution in [2.75, 3.05) is 20.3 Å². The van der Waals surface area contributed by atoms with Crippen molar-refractivity contribution >= 4 is 5.97 Å². The zero-order valence-electron chi connectivity index (χ0n) is 9.71. The van der Waals surface area contributed by atoms with Crippen molar-refractivity contribution < 1.29 is 14.3 Å². The Hall–Kier alpha value is -0.570. The second-order valence-corrected chi connectivity index (χ2v) is 3.95. The van der Waals surface area contributed by atoms with E-state index in [1.807, 2.05) is 6.92 Å². The third-order valence-electron chi connectivity index (χ3n) is 1.91. The maximum atomic E-state index is 11.5. The molecule has 84 valence electrons. The lowest BCUT2D eigenvalue weighted by Gasteiger charge is -2.16. The first kappa shape index (κ1) is 13.4. The molecule has 1 unspecified atom stereocenters. The quantitative estimate of drug-likeness (QED) is 0.594. The summed E-state index contributed by atoms with van der Waals surface area (Å²) in [5, 5.41) is 0. The van der Waals surface area contributed by atoms with Gasteiger partial charge in [0.15, 0.2) is 0 Å². The molecule has 0 aliphatic rings. The van der Waals surface area contributed by atoms with Gasteiger partial charge in [-0.2, -0.15) is 0 Å². The highest BCUT2D eigenvalue weighted by atomic mass is 16.5. The van der Waals surface area contributed by atoms with Crippen molar-refractivity contribution in [1.82, 2.24) is 0 Å². The average molecular weight is 202 g/mol. The van der Waals surface area contributed by atoms with Crippen LogP contribution in [0.3, 0.4) is 0 Å². The van der Waals surface area contributed by atoms with E-state index in [9.17, 15) is 4.79 Å². The molecule has 0 saturated heterocycles. The highest BCUT2D eigenvalue weighted by Gasteiger charge is 2.20. The molecule has 0 rings (SSSR count). The third-order valence-corrected chi connectivity index (χ3v) is 1.91. The summed E-state index contributed by atoms with van der Waals surface area (Å²) in [6, 6.07) is 0. The Labute approximate surface area is 86.8 Å². The first-order chi connectivity index (χ1) is 6.61. The van der Waals surface area contributed by atoms with Crippen LogP contribution >= 0.6 is 0 Å². The summed E-state index contributed by atoms with van der Waals surface area (Å²) in [6.45, 7) is 7.14. The molecular formula is C11H22O3. The molecule has 3 nitrogen and oxygen atoms in total. The van der Waals surface area contributed by atoms with E-state index in [1.54, 1.807) is 7.11 Å². The molecule has 0 aliphatic carbocycles. The van der Waals surface area contributed by atoms with E-state index in [0.29, 0.717) is 19.1 Å². The van der Waals surface area contributed by atoms with E-state index >= 15 is 0 Å². The molecule has 0 heterocycles. The highest BCUT2D eigenvalue weighted by molar-refractivity contribution is 5.72. The summed E-state index contributed by atoms with van der Waals surface area (Å²) in [5.41, 5.74) is 0. The number of methoxy groups -OCH3 is 1. The largest absolute Gasteiger partial charge is 0.465 e. The van der Waals surface area contributed by atoms with Crippen LogP contribution in [0.2, 0.25) is 0 Å². The van der Waals surface area contributed by atoms with Crippen LogP contribution in [0.15, 0.2) is 0 Å². The van der Waals surface area contributed by atoms with Crippen molar-refractivity contribution in [3.05, 3.63) is 0 Å². The number of hydrogen-bond acceptors (Lipinski definition) is 3. The summed E-state index contributed by atoms with van der Waals surface area (Å²) in [6.07, 6.45) is 1.70. The monoisotopic (exact) mass is 202 g/mol. The highest BCUT2D eigenvalue weighted by Crippen LogP contribution is 2.13. The van der Waals surface area contributed by atoms with Gasteiger partial charge in [0.1, 0.15) is 0 Å². The molecule has 0 radical (unpaired) electrons. The molecule has 0 amide bonds. The van der Waals surface area contributed by atoms with Gasteiger partial charge in [-0.3, -0.25) is 4.79 Å². The number of ether oxygens (including phenoxy) is 2. The standard InChI is InChI=1S/C11H22O3/c1-5-6-14-11(12)10(8-13-4)7-9(2)3/h9-10H,5-8H2,1-4H3. The summed E-state index contributed by atoms with van der Waals surface area (Å²) >= 11 is 0. The smallest absolute Gasteiger partial charge is 0.311 e. The van der Waals surface area contributed by atoms with Gasteiger partial charge in [0.2, 0.25) is 0 Å². The second-order valence-electron chi connectivity index (χ2n) is 3.95. The molecule has 0 spiro atoms. The molecule has 0 aromatic carbocycles. The van der Waals surface area contributed by atoms with Crippen LogP contribution in [-0.2, 0) is 14.3 Å². The fourth-order valence-electron chi connectivity index (χ4n) is 1.32. The molecule has 14 heavy (non-hydrogen) atoms. The van der Waals surface area contributed by atoms with Crippen LogP contribution in [0, 0.1) is 11.8 Å². The molecule has 3 heteroatoms. The van der Waals surface area contributed by atoms with E-state index in [-0.39, 0.29) is 11.9 Å². The molecule has 0 aromatic heterocycles. The number of esters is 1. The molecule has 0 bridgehead atoms. The fourth-order valence-corrected chi connectivity index (χ4v) is 1.32. The van der Waals surface area contributed by atoms with E-state index in [2.05, 4.69) is 13.8 Å². The Morgan fingerprint density at radius 2 is 2.00 bits per heavy atom. The maximum absolute atomic E-state index is 11.5. The number of carbonyl (C=O) groups is 1. The van der Waals surface area contributed by atoms with Gasteiger partial charge in [0.05, 0.1) is 19.1 Å². The summed E-state index contributed by atoms with van der Waals surface area (Å²) in [5.74, 6) is 0.262. The Bertz CT molecular complexity index is 155. The second kappa shape index (κ2) is 7.80. The number of hydrogen-bond donors (Lipinski definition) is 0. The van der Waals surface area contributed by atoms with Crippen LogP contribution in [0.25, 0.3) is 0 Å². The predicted octanol–water partition coefficient (Wildman–Crippen LogP) is 2.25. The zero-order chi connectivity index (χ0) is 11.0. The summed E-state index contributed by atoms with van der Waals surface area (Å²) in [4.78, 5) is 11.5. The Morgan fingerprint density at radius 1 is 1.36 bits per heavy atom. The maximum Gasteiger partial charge on any atom is 0.311 e. The van der Waals surface area contributed by atoms with Crippen molar-refractivity contribution in [2.24, 2.45) is 11.8 Å². The SMILES string of the molecule is CCCOC(=O)C(COC)CC(C)C. The van der Waals surface area contributed by atoms with Crippen LogP contribution in [-0.4, -0.2) is 26.3 Å². The van der Waals surface area contributed by atoms with Gasteiger partial charge in [0, 0.05) is 7.11 Å². The molecule has 0 aromatic rings. The van der Waals surface area contributed by atoms with Gasteiger partial charge in [-0.25, -0.2) is 0 Å². The first-order valence-electron chi connectivity index (χ1n) is 5.27. The molecule has 0 fully saturated rings. The van der Waals surface area contributed by atoms with Crippen molar-refractivity contribution in [3.63, 3.8) is 0 Å². The molecule has 0 N–H and O–H groups in total. The van der Waals surface area contributed by atoms with E-state index in [0.717, 1.165) is 12.8 Å². The Morgan fingerprint density at radius 3 is 2.43 bits per heavy atom. The number of carbonyl (C=O) groups excluding carboxylic acids is 1. The minimum atomic E-state index is -0.123. The molecule has 1 atom stereocenters. The van der Waals surface area contributed by atoms with E-state index in [4.69, 9.17) is 9.47 Å². The van der Waals surface area contributed by atoms with Crippen LogP contribution in [0.4, 0.5) is 0 Å². The fraction of sp³-hybridized carbons (Fsp3) is 0.909. The van der Waals surface area contributed by atoms with Gasteiger partial charge in [-0.05, 0) is 18.8 Å². The van der Waals surface area contributed by atoms with Crippen molar-refractivity contribution in [3.8, 4) is 0 Å². The van der Waals surface area contributed by atoms with Crippen LogP contribution in [0.1, 0.15) is 33.6 Å². The normalized spacial score (nSPS) is 12.9. The van der Waals surface area contributed by atoms with Gasteiger partial charge >= 0.3 is 5.97 Å². The zero-order valence-corrected chi connectivity index (χ0v) is 9.71. The topological polar surface area (TPSA) is 35.5 Å². The lowest BCUT2D eigenvalue weighted by molar-refractivity contribution is -0.151. The predicted molar refractivity (Wildman–Crippen MR) is 56.1 cm³/mol. The lowest BCUT2D eigenvalue weighted by Crippen LogP contribution is -2.24. The minimum absolute atomic E-state index is 0.105. The molecule has 0 aliphatic heterocycles. The minimum Gasteiger partial charge on any atom is -0.465 e. The van der Waals surface area contributed by atoms with E-state index < -0.39 is 0 Å². The Kier molecular flexibility index (Phi) is 7.48. The number of rotatable bonds is 7. The summed E-state index contributed by atoms with van der Waals surface area (Å²) < 4.78 is 10.1.